The van der Waals surface area contributed by atoms with Gasteiger partial charge in [-0.2, -0.15) is 0 Å². The molecule has 0 radical (unpaired) electrons. The van der Waals surface area contributed by atoms with Crippen molar-refractivity contribution < 1.29 is 0 Å². The lowest BCUT2D eigenvalue weighted by atomic mass is 9.82. The molecule has 186 valence electrons. The molecule has 0 saturated heterocycles. The average Bonchev–Trinajstić information content (AvgIpc) is 3.01. The van der Waals surface area contributed by atoms with Gasteiger partial charge >= 0.3 is 0 Å². The Labute approximate surface area is 235 Å². The maximum absolute atomic E-state index is 5.98. The van der Waals surface area contributed by atoms with E-state index in [1.54, 1.807) is 11.8 Å². The molecule has 3 heteroatoms. The second-order valence-corrected chi connectivity index (χ2v) is 11.1. The maximum Gasteiger partial charge on any atom is 0.0756 e. The van der Waals surface area contributed by atoms with E-state index in [0.717, 1.165) is 29.1 Å². The van der Waals surface area contributed by atoms with Crippen LogP contribution in [0.2, 0.25) is 0 Å². The molecule has 0 N–H and O–H groups in total. The second-order valence-electron chi connectivity index (χ2n) is 9.57. The molecule has 38 heavy (non-hydrogen) atoms. The molecular formula is C35H29NS2. The Morgan fingerprint density at radius 2 is 1.21 bits per heavy atom. The summed E-state index contributed by atoms with van der Waals surface area (Å²) in [6.45, 7) is 0. The third-order valence-electron chi connectivity index (χ3n) is 7.31. The van der Waals surface area contributed by atoms with Gasteiger partial charge in [-0.25, -0.2) is 0 Å². The zero-order valence-corrected chi connectivity index (χ0v) is 23.1. The van der Waals surface area contributed by atoms with Crippen molar-refractivity contribution in [2.75, 3.05) is 11.2 Å². The van der Waals surface area contributed by atoms with E-state index in [-0.39, 0.29) is 0 Å². The fourth-order valence-corrected chi connectivity index (χ4v) is 6.17. The van der Waals surface area contributed by atoms with Crippen LogP contribution in [0, 0.1) is 0 Å². The maximum atomic E-state index is 5.98. The molecule has 0 saturated carbocycles. The number of hydrogen-bond acceptors (Lipinski definition) is 3. The number of hydrogen-bond donors (Lipinski definition) is 0. The van der Waals surface area contributed by atoms with Gasteiger partial charge in [0.05, 0.1) is 15.6 Å². The first kappa shape index (κ1) is 24.7. The Kier molecular flexibility index (Phi) is 7.13. The summed E-state index contributed by atoms with van der Waals surface area (Å²) in [4.78, 5) is 2.46. The highest BCUT2D eigenvalue weighted by Crippen LogP contribution is 2.48. The summed E-state index contributed by atoms with van der Waals surface area (Å²) in [5, 5.41) is 0. The standard InChI is InChI=1S/C35H29NS2/c1-38-35(37)31-19-11-18-30-32(27-14-7-3-8-15-27)24-33(28-16-9-4-10-17-28)36(34(30)31)29-22-20-26(21-23-29)25-12-5-2-6-13-25/h2-10,12-17,20-24H,11,18-19H2,1H3. The Bertz CT molecular complexity index is 1550. The van der Waals surface area contributed by atoms with Gasteiger partial charge in [0.2, 0.25) is 0 Å². The third kappa shape index (κ3) is 4.69. The number of anilines is 1. The molecule has 0 aromatic heterocycles. The van der Waals surface area contributed by atoms with Crippen molar-refractivity contribution in [3.8, 4) is 11.1 Å². The average molecular weight is 528 g/mol. The Morgan fingerprint density at radius 1 is 0.658 bits per heavy atom. The summed E-state index contributed by atoms with van der Waals surface area (Å²) in [5.41, 5.74) is 12.5. The molecule has 0 atom stereocenters. The number of thiocarbonyl (C=S) groups is 1. The lowest BCUT2D eigenvalue weighted by Crippen LogP contribution is -2.30. The monoisotopic (exact) mass is 527 g/mol. The lowest BCUT2D eigenvalue weighted by molar-refractivity contribution is 0.778. The van der Waals surface area contributed by atoms with Crippen LogP contribution in [0.4, 0.5) is 5.69 Å². The molecule has 0 spiro atoms. The second kappa shape index (κ2) is 11.0. The van der Waals surface area contributed by atoms with Gasteiger partial charge < -0.3 is 4.90 Å². The topological polar surface area (TPSA) is 3.24 Å². The molecular weight excluding hydrogens is 499 g/mol. The van der Waals surface area contributed by atoms with Gasteiger partial charge in [0, 0.05) is 11.3 Å². The van der Waals surface area contributed by atoms with Crippen LogP contribution >= 0.6 is 24.0 Å². The first-order valence-corrected chi connectivity index (χ1v) is 14.7. The van der Waals surface area contributed by atoms with Crippen LogP contribution in [0.25, 0.3) is 22.4 Å². The molecule has 4 aromatic rings. The normalized spacial score (nSPS) is 15.3. The van der Waals surface area contributed by atoms with Crippen LogP contribution in [0.1, 0.15) is 30.4 Å². The molecule has 1 nitrogen and oxygen atoms in total. The number of fused-ring (bicyclic) bond motifs is 1. The minimum Gasteiger partial charge on any atom is -0.309 e. The molecule has 6 rings (SSSR count). The van der Waals surface area contributed by atoms with Crippen LogP contribution in [0.5, 0.6) is 0 Å². The van der Waals surface area contributed by atoms with Crippen molar-refractivity contribution >= 4 is 45.1 Å². The summed E-state index contributed by atoms with van der Waals surface area (Å²) < 4.78 is 0.991. The Balaban J connectivity index is 1.59. The van der Waals surface area contributed by atoms with E-state index in [9.17, 15) is 0 Å². The van der Waals surface area contributed by atoms with E-state index in [0.29, 0.717) is 0 Å². The van der Waals surface area contributed by atoms with E-state index in [4.69, 9.17) is 12.2 Å². The smallest absolute Gasteiger partial charge is 0.0756 e. The van der Waals surface area contributed by atoms with Gasteiger partial charge in [0.25, 0.3) is 0 Å². The van der Waals surface area contributed by atoms with E-state index in [1.807, 2.05) is 0 Å². The van der Waals surface area contributed by atoms with Crippen molar-refractivity contribution in [3.63, 3.8) is 0 Å². The SMILES string of the molecule is CSC(=S)C1=C2C(=C(c3ccccc3)C=C(c3ccccc3)N2c2ccc(-c3ccccc3)cc2)CCC1. The summed E-state index contributed by atoms with van der Waals surface area (Å²) in [5.74, 6) is 0. The van der Waals surface area contributed by atoms with E-state index < -0.39 is 0 Å². The number of allylic oxidation sites excluding steroid dienone is 3. The Hall–Kier alpha value is -3.66. The lowest BCUT2D eigenvalue weighted by Gasteiger charge is -2.40. The van der Waals surface area contributed by atoms with Crippen molar-refractivity contribution in [3.05, 3.63) is 149 Å². The summed E-state index contributed by atoms with van der Waals surface area (Å²) in [7, 11) is 0. The van der Waals surface area contributed by atoms with Crippen molar-refractivity contribution in [1.82, 2.24) is 0 Å². The van der Waals surface area contributed by atoms with Crippen LogP contribution in [0.3, 0.4) is 0 Å². The molecule has 1 aliphatic carbocycles. The number of rotatable bonds is 5. The highest BCUT2D eigenvalue weighted by atomic mass is 32.2. The summed E-state index contributed by atoms with van der Waals surface area (Å²) in [6.07, 6.45) is 7.64. The minimum absolute atomic E-state index is 0.991. The van der Waals surface area contributed by atoms with Gasteiger partial charge in [-0.1, -0.05) is 115 Å². The zero-order valence-electron chi connectivity index (χ0n) is 21.4. The predicted molar refractivity (Wildman–Crippen MR) is 169 cm³/mol. The van der Waals surface area contributed by atoms with Gasteiger partial charge in [-0.3, -0.25) is 0 Å². The first-order chi connectivity index (χ1) is 18.7. The van der Waals surface area contributed by atoms with Crippen LogP contribution in [0.15, 0.2) is 138 Å². The van der Waals surface area contributed by atoms with Gasteiger partial charge in [0.15, 0.2) is 0 Å². The largest absolute Gasteiger partial charge is 0.309 e. The van der Waals surface area contributed by atoms with Crippen LogP contribution < -0.4 is 4.90 Å². The molecule has 0 bridgehead atoms. The fourth-order valence-electron chi connectivity index (χ4n) is 5.52. The predicted octanol–water partition coefficient (Wildman–Crippen LogP) is 9.80. The first-order valence-electron chi connectivity index (χ1n) is 13.1. The third-order valence-corrected chi connectivity index (χ3v) is 8.68. The fraction of sp³-hybridized carbons (Fsp3) is 0.114. The molecule has 4 aromatic carbocycles. The van der Waals surface area contributed by atoms with Gasteiger partial charge in [0.1, 0.15) is 0 Å². The van der Waals surface area contributed by atoms with Gasteiger partial charge in [-0.05, 0) is 77.1 Å². The summed E-state index contributed by atoms with van der Waals surface area (Å²) in [6, 6.07) is 41.1. The molecule has 1 heterocycles. The number of thioether (sulfide) groups is 1. The number of benzene rings is 4. The molecule has 1 aliphatic heterocycles. The van der Waals surface area contributed by atoms with Crippen molar-refractivity contribution in [2.45, 2.75) is 19.3 Å². The van der Waals surface area contributed by atoms with Crippen LogP contribution in [-0.4, -0.2) is 10.5 Å². The summed E-state index contributed by atoms with van der Waals surface area (Å²) >= 11 is 7.66. The van der Waals surface area contributed by atoms with Crippen molar-refractivity contribution in [2.24, 2.45) is 0 Å². The number of nitrogens with zero attached hydrogens (tertiary/aromatic N) is 1. The van der Waals surface area contributed by atoms with E-state index in [1.165, 1.54) is 50.4 Å². The Morgan fingerprint density at radius 3 is 1.82 bits per heavy atom. The highest BCUT2D eigenvalue weighted by molar-refractivity contribution is 8.23. The van der Waals surface area contributed by atoms with Crippen molar-refractivity contribution in [1.29, 1.82) is 0 Å². The zero-order chi connectivity index (χ0) is 25.9. The van der Waals surface area contributed by atoms with E-state index >= 15 is 0 Å². The molecule has 0 fully saturated rings. The molecule has 0 unspecified atom stereocenters. The van der Waals surface area contributed by atoms with Gasteiger partial charge in [-0.15, -0.1) is 11.8 Å². The van der Waals surface area contributed by atoms with Crippen LogP contribution in [-0.2, 0) is 0 Å². The minimum atomic E-state index is 0.991. The molecule has 0 amide bonds. The quantitative estimate of drug-likeness (QED) is 0.238. The highest BCUT2D eigenvalue weighted by Gasteiger charge is 2.33. The van der Waals surface area contributed by atoms with E-state index in [2.05, 4.69) is 132 Å². The molecule has 2 aliphatic rings.